The van der Waals surface area contributed by atoms with Crippen LogP contribution in [0.1, 0.15) is 27.7 Å². The molecular weight excluding hydrogens is 1240 g/mol. The standard InChI is InChI=1S/C45H73As9Si/c1-30-29-45(4,32(3)31(30)2)55(42-36(49(11)12)23-33(46(5)6)24-37(42)50(13)14,43-38(51(15)16)25-34(47(7)8)26-39(43)52(17)18)44-40(53(19)20)27-35(48(9)10)28-41(44)54(21)22/h23-29H,1-22H3. The second-order valence-corrected chi connectivity index (χ2v) is 64.8. The van der Waals surface area contributed by atoms with Crippen molar-refractivity contribution in [3.63, 3.8) is 0 Å². The van der Waals surface area contributed by atoms with Crippen LogP contribution in [0.3, 0.4) is 0 Å². The molecule has 55 heavy (non-hydrogen) atoms. The summed E-state index contributed by atoms with van der Waals surface area (Å²) >= 11 is -11.6. The zero-order chi connectivity index (χ0) is 41.8. The Morgan fingerprint density at radius 2 is 0.582 bits per heavy atom. The van der Waals surface area contributed by atoms with Crippen LogP contribution in [-0.2, 0) is 0 Å². The molecule has 0 saturated heterocycles. The molecule has 1 aliphatic rings. The van der Waals surface area contributed by atoms with E-state index in [4.69, 9.17) is 0 Å². The topological polar surface area (TPSA) is 0 Å². The van der Waals surface area contributed by atoms with Crippen LogP contribution in [0.4, 0.5) is 0 Å². The van der Waals surface area contributed by atoms with Crippen LogP contribution < -0.4 is 54.7 Å². The summed E-state index contributed by atoms with van der Waals surface area (Å²) in [5.41, 5.74) is 53.0. The average Bonchev–Trinajstić information content (AvgIpc) is 3.29. The number of benzene rings is 3. The van der Waals surface area contributed by atoms with E-state index in [0.29, 0.717) is 0 Å². The fourth-order valence-electron chi connectivity index (χ4n) is 8.71. The monoisotopic (exact) mass is 1320 g/mol. The first-order valence-electron chi connectivity index (χ1n) is 19.4. The number of rotatable bonds is 13. The Hall–Kier alpha value is 2.38. The summed E-state index contributed by atoms with van der Waals surface area (Å²) in [5.74, 6) is 0. The van der Waals surface area contributed by atoms with Gasteiger partial charge in [0.25, 0.3) is 0 Å². The van der Waals surface area contributed by atoms with Gasteiger partial charge in [0, 0.05) is 0 Å². The predicted octanol–water partition coefficient (Wildman–Crippen LogP) is 4.87. The number of allylic oxidation sites excluding steroid dienone is 4. The Bertz CT molecular complexity index is 1700. The van der Waals surface area contributed by atoms with E-state index in [-0.39, 0.29) is 5.04 Å². The van der Waals surface area contributed by atoms with E-state index in [1.807, 2.05) is 41.7 Å². The Morgan fingerprint density at radius 1 is 0.364 bits per heavy atom. The summed E-state index contributed by atoms with van der Waals surface area (Å²) in [4.78, 5) is 0. The van der Waals surface area contributed by atoms with Gasteiger partial charge in [0.1, 0.15) is 0 Å². The van der Waals surface area contributed by atoms with Crippen LogP contribution in [0.15, 0.2) is 59.2 Å². The van der Waals surface area contributed by atoms with Gasteiger partial charge in [0.2, 0.25) is 0 Å². The van der Waals surface area contributed by atoms with Gasteiger partial charge < -0.3 is 0 Å². The molecule has 0 aromatic heterocycles. The molecule has 0 saturated carbocycles. The molecule has 0 heterocycles. The van der Waals surface area contributed by atoms with Gasteiger partial charge in [0.15, 0.2) is 0 Å². The third-order valence-corrected chi connectivity index (χ3v) is 45.4. The second kappa shape index (κ2) is 19.8. The van der Waals surface area contributed by atoms with E-state index in [9.17, 15) is 0 Å². The summed E-state index contributed by atoms with van der Waals surface area (Å²) in [5, 5.41) is 5.91. The van der Waals surface area contributed by atoms with Crippen LogP contribution in [0.5, 0.6) is 0 Å². The van der Waals surface area contributed by atoms with Gasteiger partial charge >= 0.3 is 389 Å². The Kier molecular flexibility index (Phi) is 18.0. The summed E-state index contributed by atoms with van der Waals surface area (Å²) in [6.07, 6.45) is 2.92. The first kappa shape index (κ1) is 50.0. The van der Waals surface area contributed by atoms with Gasteiger partial charge in [-0.25, -0.2) is 0 Å². The van der Waals surface area contributed by atoms with E-state index in [0.717, 1.165) is 0 Å². The molecule has 3 aromatic rings. The Morgan fingerprint density at radius 3 is 0.727 bits per heavy atom. The van der Waals surface area contributed by atoms with Crippen LogP contribution in [0.2, 0.25) is 108 Å². The van der Waals surface area contributed by atoms with Crippen molar-refractivity contribution >= 4 is 195 Å². The van der Waals surface area contributed by atoms with Crippen molar-refractivity contribution in [2.24, 2.45) is 0 Å². The minimum absolute atomic E-state index is 0.0395. The Labute approximate surface area is 383 Å². The number of hydrogen-bond acceptors (Lipinski definition) is 0. The molecule has 0 amide bonds. The molecule has 1 unspecified atom stereocenters. The second-order valence-electron chi connectivity index (χ2n) is 17.7. The summed E-state index contributed by atoms with van der Waals surface area (Å²) in [7, 11) is -2.95. The van der Waals surface area contributed by atoms with Crippen molar-refractivity contribution in [1.82, 2.24) is 0 Å². The first-order valence-corrected chi connectivity index (χ1v) is 63.6. The molecule has 0 spiro atoms. The van der Waals surface area contributed by atoms with E-state index < -0.39 is 140 Å². The van der Waals surface area contributed by atoms with Crippen molar-refractivity contribution < 1.29 is 0 Å². The SMILES string of the molecule is CC1=CC(C)([Si](c2c([As](C)C)cc([As](C)C)cc2[As](C)C)(c2c([As](C)C)cc([As](C)C)cc2[As](C)C)c2c([As](C)C)cc([As](C)C)cc2[As](C)C)C(C)=C1C. The van der Waals surface area contributed by atoms with Gasteiger partial charge in [-0.1, -0.05) is 0 Å². The summed E-state index contributed by atoms with van der Waals surface area (Å²) < 4.78 is 16.6. The molecule has 10 heteroatoms. The van der Waals surface area contributed by atoms with E-state index in [1.54, 1.807) is 29.8 Å². The van der Waals surface area contributed by atoms with Gasteiger partial charge in [0.05, 0.1) is 0 Å². The Balaban J connectivity index is 2.74. The molecule has 3 aromatic carbocycles. The molecule has 4 rings (SSSR count). The molecule has 0 aliphatic heterocycles. The predicted molar refractivity (Wildman–Crippen MR) is 279 cm³/mol. The first-order chi connectivity index (χ1) is 25.4. The molecule has 302 valence electrons. The molecule has 0 radical (unpaired) electrons. The van der Waals surface area contributed by atoms with Gasteiger partial charge in [-0.2, -0.15) is 0 Å². The van der Waals surface area contributed by atoms with E-state index >= 15 is 0 Å². The third kappa shape index (κ3) is 9.51. The van der Waals surface area contributed by atoms with Crippen molar-refractivity contribution in [3.05, 3.63) is 59.2 Å². The fourth-order valence-corrected chi connectivity index (χ4v) is 49.4. The average molecular weight is 1320 g/mol. The van der Waals surface area contributed by atoms with Crippen LogP contribution in [0, 0.1) is 0 Å². The van der Waals surface area contributed by atoms with Crippen LogP contribution in [0.25, 0.3) is 0 Å². The quantitative estimate of drug-likeness (QED) is 0.170. The molecule has 0 bridgehead atoms. The third-order valence-electron chi connectivity index (χ3n) is 12.0. The maximum absolute atomic E-state index is 2.95. The van der Waals surface area contributed by atoms with Gasteiger partial charge in [-0.15, -0.1) is 0 Å². The van der Waals surface area contributed by atoms with Crippen LogP contribution in [-0.4, -0.2) is 140 Å². The minimum atomic E-state index is -2.95. The summed E-state index contributed by atoms with van der Waals surface area (Å²) in [6, 6.07) is 17.4. The molecule has 1 aliphatic carbocycles. The summed E-state index contributed by atoms with van der Waals surface area (Å²) in [6.45, 7) is 10.4. The fraction of sp³-hybridized carbons (Fsp3) is 0.511. The number of hydrogen-bond donors (Lipinski definition) is 0. The maximum atomic E-state index is 2.92. The van der Waals surface area contributed by atoms with Crippen molar-refractivity contribution in [2.75, 3.05) is 0 Å². The van der Waals surface area contributed by atoms with Gasteiger partial charge in [-0.3, -0.25) is 0 Å². The van der Waals surface area contributed by atoms with Crippen molar-refractivity contribution in [2.45, 2.75) is 136 Å². The van der Waals surface area contributed by atoms with E-state index in [2.05, 4.69) is 173 Å². The molecule has 0 fully saturated rings. The van der Waals surface area contributed by atoms with Crippen molar-refractivity contribution in [1.29, 1.82) is 0 Å². The van der Waals surface area contributed by atoms with E-state index in [1.165, 1.54) is 0 Å². The molecule has 1 atom stereocenters. The molecular formula is C45H73As9Si. The van der Waals surface area contributed by atoms with Gasteiger partial charge in [-0.05, 0) is 0 Å². The van der Waals surface area contributed by atoms with Crippen molar-refractivity contribution in [3.8, 4) is 0 Å². The molecule has 0 nitrogen and oxygen atoms in total. The molecule has 0 N–H and O–H groups in total. The zero-order valence-electron chi connectivity index (χ0n) is 38.6. The zero-order valence-corrected chi connectivity index (χ0v) is 56.5. The normalized spacial score (nSPS) is 17.0. The van der Waals surface area contributed by atoms with Crippen LogP contribution >= 0.6 is 0 Å².